The lowest BCUT2D eigenvalue weighted by molar-refractivity contribution is -0.120. The number of carbonyl (C=O) groups excluding carboxylic acids is 1. The minimum absolute atomic E-state index is 0.000421. The van der Waals surface area contributed by atoms with E-state index in [0.717, 1.165) is 24.2 Å². The summed E-state index contributed by atoms with van der Waals surface area (Å²) in [5.74, 6) is -0.000421. The second-order valence-electron chi connectivity index (χ2n) is 6.32. The van der Waals surface area contributed by atoms with Gasteiger partial charge in [-0.3, -0.25) is 9.69 Å². The number of nitrogens with one attached hydrogen (secondary N) is 1. The minimum Gasteiger partial charge on any atom is -0.379 e. The lowest BCUT2D eigenvalue weighted by atomic mass is 10.0. The van der Waals surface area contributed by atoms with Gasteiger partial charge in [0.15, 0.2) is 0 Å². The molecule has 138 valence electrons. The maximum atomic E-state index is 12.4. The zero-order valence-electron chi connectivity index (χ0n) is 14.5. The molecule has 1 saturated heterocycles. The van der Waals surface area contributed by atoms with Crippen LogP contribution in [0.25, 0.3) is 0 Å². The van der Waals surface area contributed by atoms with Gasteiger partial charge in [-0.2, -0.15) is 0 Å². The van der Waals surface area contributed by atoms with Gasteiger partial charge in [0.1, 0.15) is 0 Å². The van der Waals surface area contributed by atoms with E-state index in [2.05, 4.69) is 10.2 Å². The van der Waals surface area contributed by atoms with Gasteiger partial charge < -0.3 is 10.1 Å². The van der Waals surface area contributed by atoms with E-state index in [4.69, 9.17) is 27.9 Å². The number of rotatable bonds is 6. The molecule has 26 heavy (non-hydrogen) atoms. The molecule has 2 aromatic carbocycles. The molecule has 1 aliphatic rings. The monoisotopic (exact) mass is 392 g/mol. The fourth-order valence-electron chi connectivity index (χ4n) is 3.09. The largest absolute Gasteiger partial charge is 0.379 e. The van der Waals surface area contributed by atoms with Gasteiger partial charge in [0.25, 0.3) is 0 Å². The highest BCUT2D eigenvalue weighted by Crippen LogP contribution is 2.23. The topological polar surface area (TPSA) is 41.6 Å². The van der Waals surface area contributed by atoms with Crippen molar-refractivity contribution in [1.82, 2.24) is 10.2 Å². The molecule has 0 saturated carbocycles. The summed E-state index contributed by atoms with van der Waals surface area (Å²) in [5, 5.41) is 4.45. The lowest BCUT2D eigenvalue weighted by Crippen LogP contribution is -2.44. The number of ether oxygens (including phenoxy) is 1. The Labute approximate surface area is 164 Å². The van der Waals surface area contributed by atoms with Crippen molar-refractivity contribution in [1.29, 1.82) is 0 Å². The van der Waals surface area contributed by atoms with Gasteiger partial charge >= 0.3 is 0 Å². The average molecular weight is 393 g/mol. The van der Waals surface area contributed by atoms with Crippen molar-refractivity contribution in [3.63, 3.8) is 0 Å². The van der Waals surface area contributed by atoms with E-state index in [-0.39, 0.29) is 11.9 Å². The maximum Gasteiger partial charge on any atom is 0.224 e. The molecule has 1 heterocycles. The Morgan fingerprint density at radius 3 is 2.19 bits per heavy atom. The Morgan fingerprint density at radius 1 is 1.00 bits per heavy atom. The maximum absolute atomic E-state index is 12.4. The molecule has 6 heteroatoms. The first-order valence-corrected chi connectivity index (χ1v) is 9.46. The van der Waals surface area contributed by atoms with Gasteiger partial charge in [0, 0.05) is 29.7 Å². The molecule has 0 spiro atoms. The van der Waals surface area contributed by atoms with Crippen molar-refractivity contribution in [3.8, 4) is 0 Å². The summed E-state index contributed by atoms with van der Waals surface area (Å²) in [7, 11) is 0. The molecule has 1 unspecified atom stereocenters. The van der Waals surface area contributed by atoms with Gasteiger partial charge in [-0.15, -0.1) is 0 Å². The smallest absolute Gasteiger partial charge is 0.224 e. The molecule has 3 rings (SSSR count). The third-order valence-corrected chi connectivity index (χ3v) is 5.02. The van der Waals surface area contributed by atoms with Crippen LogP contribution in [0.15, 0.2) is 48.5 Å². The Hall–Kier alpha value is -1.59. The molecule has 0 radical (unpaired) electrons. The number of hydrogen-bond donors (Lipinski definition) is 1. The van der Waals surface area contributed by atoms with E-state index in [1.54, 1.807) is 12.1 Å². The van der Waals surface area contributed by atoms with Crippen molar-refractivity contribution in [2.75, 3.05) is 32.8 Å². The van der Waals surface area contributed by atoms with Gasteiger partial charge in [-0.05, 0) is 35.4 Å². The molecule has 4 nitrogen and oxygen atoms in total. The Kier molecular flexibility index (Phi) is 6.92. The third kappa shape index (κ3) is 5.45. The van der Waals surface area contributed by atoms with E-state index >= 15 is 0 Å². The molecule has 0 aliphatic carbocycles. The fraction of sp³-hybridized carbons (Fsp3) is 0.350. The number of amides is 1. The highest BCUT2D eigenvalue weighted by molar-refractivity contribution is 6.30. The molecule has 1 aliphatic heterocycles. The zero-order chi connectivity index (χ0) is 18.4. The van der Waals surface area contributed by atoms with Crippen LogP contribution >= 0.6 is 23.2 Å². The second kappa shape index (κ2) is 9.38. The summed E-state index contributed by atoms with van der Waals surface area (Å²) >= 11 is 11.9. The number of morpholine rings is 1. The first-order valence-electron chi connectivity index (χ1n) is 8.70. The first kappa shape index (κ1) is 19.2. The summed E-state index contributed by atoms with van der Waals surface area (Å²) < 4.78 is 5.46. The summed E-state index contributed by atoms with van der Waals surface area (Å²) in [6, 6.07) is 15.3. The van der Waals surface area contributed by atoms with Crippen molar-refractivity contribution >= 4 is 29.1 Å². The summed E-state index contributed by atoms with van der Waals surface area (Å²) in [6.07, 6.45) is 0.341. The molecule has 0 aromatic heterocycles. The van der Waals surface area contributed by atoms with Crippen LogP contribution in [-0.4, -0.2) is 43.7 Å². The molecule has 1 N–H and O–H groups in total. The normalized spacial score (nSPS) is 16.2. The average Bonchev–Trinajstić information content (AvgIpc) is 2.66. The highest BCUT2D eigenvalue weighted by Gasteiger charge is 2.23. The SMILES string of the molecule is O=C(Cc1ccc(Cl)cc1)NCC(c1ccc(Cl)cc1)N1CCOCC1. The molecule has 1 atom stereocenters. The van der Waals surface area contributed by atoms with Crippen LogP contribution < -0.4 is 5.32 Å². The molecular formula is C20H22Cl2N2O2. The van der Waals surface area contributed by atoms with Gasteiger partial charge in [0.05, 0.1) is 25.7 Å². The van der Waals surface area contributed by atoms with E-state index in [1.165, 1.54) is 0 Å². The fourth-order valence-corrected chi connectivity index (χ4v) is 3.34. The predicted molar refractivity (Wildman–Crippen MR) is 105 cm³/mol. The first-order chi connectivity index (χ1) is 12.6. The number of nitrogens with zero attached hydrogens (tertiary/aromatic N) is 1. The lowest BCUT2D eigenvalue weighted by Gasteiger charge is -2.35. The predicted octanol–water partition coefficient (Wildman–Crippen LogP) is 3.73. The van der Waals surface area contributed by atoms with E-state index < -0.39 is 0 Å². The number of halogens is 2. The number of carbonyl (C=O) groups is 1. The van der Waals surface area contributed by atoms with Gasteiger partial charge in [-0.25, -0.2) is 0 Å². The quantitative estimate of drug-likeness (QED) is 0.813. The standard InChI is InChI=1S/C20H22Cl2N2O2/c21-17-5-1-15(2-6-17)13-20(25)23-14-19(24-9-11-26-12-10-24)16-3-7-18(22)8-4-16/h1-8,19H,9-14H2,(H,23,25). The molecular weight excluding hydrogens is 371 g/mol. The van der Waals surface area contributed by atoms with Crippen LogP contribution in [0.4, 0.5) is 0 Å². The Morgan fingerprint density at radius 2 is 1.58 bits per heavy atom. The van der Waals surface area contributed by atoms with Crippen LogP contribution in [0.1, 0.15) is 17.2 Å². The van der Waals surface area contributed by atoms with Crippen molar-refractivity contribution in [2.45, 2.75) is 12.5 Å². The van der Waals surface area contributed by atoms with Crippen LogP contribution in [0.5, 0.6) is 0 Å². The molecule has 1 amide bonds. The second-order valence-corrected chi connectivity index (χ2v) is 7.20. The van der Waals surface area contributed by atoms with Crippen LogP contribution in [0, 0.1) is 0 Å². The van der Waals surface area contributed by atoms with Crippen molar-refractivity contribution in [2.24, 2.45) is 0 Å². The van der Waals surface area contributed by atoms with Crippen LogP contribution in [0.2, 0.25) is 10.0 Å². The van der Waals surface area contributed by atoms with Gasteiger partial charge in [0.2, 0.25) is 5.91 Å². The highest BCUT2D eigenvalue weighted by atomic mass is 35.5. The van der Waals surface area contributed by atoms with Crippen LogP contribution in [-0.2, 0) is 16.0 Å². The number of hydrogen-bond acceptors (Lipinski definition) is 3. The van der Waals surface area contributed by atoms with Crippen molar-refractivity contribution < 1.29 is 9.53 Å². The molecule has 0 bridgehead atoms. The van der Waals surface area contributed by atoms with Gasteiger partial charge in [-0.1, -0.05) is 47.5 Å². The molecule has 2 aromatic rings. The summed E-state index contributed by atoms with van der Waals surface area (Å²) in [6.45, 7) is 3.67. The van der Waals surface area contributed by atoms with Crippen molar-refractivity contribution in [3.05, 3.63) is 69.7 Å². The number of benzene rings is 2. The molecule has 1 fully saturated rings. The van der Waals surface area contributed by atoms with E-state index in [9.17, 15) is 4.79 Å². The summed E-state index contributed by atoms with van der Waals surface area (Å²) in [5.41, 5.74) is 2.09. The van der Waals surface area contributed by atoms with E-state index in [1.807, 2.05) is 36.4 Å². The Bertz CT molecular complexity index is 714. The minimum atomic E-state index is -0.000421. The Balaban J connectivity index is 1.64. The summed E-state index contributed by atoms with van der Waals surface area (Å²) in [4.78, 5) is 14.7. The van der Waals surface area contributed by atoms with E-state index in [0.29, 0.717) is 36.2 Å². The zero-order valence-corrected chi connectivity index (χ0v) is 16.0. The third-order valence-electron chi connectivity index (χ3n) is 4.51. The van der Waals surface area contributed by atoms with Crippen LogP contribution in [0.3, 0.4) is 0 Å².